The van der Waals surface area contributed by atoms with Gasteiger partial charge in [-0.2, -0.15) is 0 Å². The standard InChI is InChI=1S/C28H29N3O2S/c1-19-10-13-23(14-11-19)31-26(32)18-25(27(31)33)30(16-15-22-7-5-4-6-8-22)28(34)29-24-17-20(2)9-12-21(24)3/h4-14,17,25H,15-16,18H2,1-3H3,(H,29,34)/t25-/m0/s1. The number of benzene rings is 3. The molecule has 0 saturated carbocycles. The molecule has 6 heteroatoms. The van der Waals surface area contributed by atoms with E-state index < -0.39 is 6.04 Å². The highest BCUT2D eigenvalue weighted by molar-refractivity contribution is 7.80. The molecule has 2 amide bonds. The van der Waals surface area contributed by atoms with Gasteiger partial charge in [0.2, 0.25) is 5.91 Å². The van der Waals surface area contributed by atoms with E-state index in [0.717, 1.165) is 27.9 Å². The van der Waals surface area contributed by atoms with Crippen molar-refractivity contribution in [1.29, 1.82) is 0 Å². The van der Waals surface area contributed by atoms with E-state index in [0.29, 0.717) is 23.8 Å². The molecule has 0 unspecified atom stereocenters. The van der Waals surface area contributed by atoms with Crippen LogP contribution in [0.3, 0.4) is 0 Å². The van der Waals surface area contributed by atoms with Gasteiger partial charge < -0.3 is 10.2 Å². The smallest absolute Gasteiger partial charge is 0.257 e. The Hall–Kier alpha value is -3.51. The van der Waals surface area contributed by atoms with Crippen molar-refractivity contribution in [3.05, 3.63) is 95.1 Å². The number of nitrogens with one attached hydrogen (secondary N) is 1. The highest BCUT2D eigenvalue weighted by atomic mass is 32.1. The summed E-state index contributed by atoms with van der Waals surface area (Å²) >= 11 is 5.81. The minimum atomic E-state index is -0.650. The Bertz CT molecular complexity index is 1210. The minimum Gasteiger partial charge on any atom is -0.336 e. The highest BCUT2D eigenvalue weighted by Crippen LogP contribution is 2.27. The molecule has 1 N–H and O–H groups in total. The first-order valence-corrected chi connectivity index (χ1v) is 11.9. The van der Waals surface area contributed by atoms with Crippen LogP contribution in [-0.4, -0.2) is 34.4 Å². The van der Waals surface area contributed by atoms with Gasteiger partial charge in [-0.15, -0.1) is 0 Å². The van der Waals surface area contributed by atoms with Crippen molar-refractivity contribution >= 4 is 40.5 Å². The zero-order valence-electron chi connectivity index (χ0n) is 19.7. The summed E-state index contributed by atoms with van der Waals surface area (Å²) in [7, 11) is 0. The lowest BCUT2D eigenvalue weighted by molar-refractivity contribution is -0.122. The van der Waals surface area contributed by atoms with Gasteiger partial charge in [-0.05, 0) is 74.3 Å². The summed E-state index contributed by atoms with van der Waals surface area (Å²) < 4.78 is 0. The fourth-order valence-electron chi connectivity index (χ4n) is 4.18. The Morgan fingerprint density at radius 1 is 0.971 bits per heavy atom. The number of aryl methyl sites for hydroxylation is 3. The highest BCUT2D eigenvalue weighted by Gasteiger charge is 2.43. The van der Waals surface area contributed by atoms with Crippen LogP contribution in [0.5, 0.6) is 0 Å². The molecular weight excluding hydrogens is 442 g/mol. The Labute approximate surface area is 206 Å². The molecule has 0 radical (unpaired) electrons. The van der Waals surface area contributed by atoms with Crippen molar-refractivity contribution in [1.82, 2.24) is 4.90 Å². The van der Waals surface area contributed by atoms with Gasteiger partial charge in [-0.25, -0.2) is 4.90 Å². The largest absolute Gasteiger partial charge is 0.336 e. The number of imide groups is 1. The molecule has 34 heavy (non-hydrogen) atoms. The Kier molecular flexibility index (Phi) is 7.08. The maximum Gasteiger partial charge on any atom is 0.257 e. The van der Waals surface area contributed by atoms with Crippen molar-refractivity contribution in [3.63, 3.8) is 0 Å². The summed E-state index contributed by atoms with van der Waals surface area (Å²) in [6.07, 6.45) is 0.800. The second-order valence-corrected chi connectivity index (χ2v) is 9.19. The van der Waals surface area contributed by atoms with Crippen molar-refractivity contribution in [3.8, 4) is 0 Å². The lowest BCUT2D eigenvalue weighted by atomic mass is 10.1. The predicted octanol–water partition coefficient (Wildman–Crippen LogP) is 5.19. The van der Waals surface area contributed by atoms with E-state index in [2.05, 4.69) is 23.5 Å². The van der Waals surface area contributed by atoms with Crippen LogP contribution in [-0.2, 0) is 16.0 Å². The molecule has 1 atom stereocenters. The molecule has 174 valence electrons. The maximum atomic E-state index is 13.5. The first-order valence-electron chi connectivity index (χ1n) is 11.5. The van der Waals surface area contributed by atoms with Crippen LogP contribution in [0.1, 0.15) is 28.7 Å². The van der Waals surface area contributed by atoms with Crippen LogP contribution < -0.4 is 10.2 Å². The molecular formula is C28H29N3O2S. The van der Waals surface area contributed by atoms with Gasteiger partial charge in [0.05, 0.1) is 12.1 Å². The summed E-state index contributed by atoms with van der Waals surface area (Å²) in [5.74, 6) is -0.454. The number of carbonyl (C=O) groups is 2. The first-order chi connectivity index (χ1) is 16.3. The second-order valence-electron chi connectivity index (χ2n) is 8.80. The van der Waals surface area contributed by atoms with E-state index >= 15 is 0 Å². The number of hydrogen-bond donors (Lipinski definition) is 1. The molecule has 1 fully saturated rings. The van der Waals surface area contributed by atoms with E-state index in [4.69, 9.17) is 12.2 Å². The summed E-state index contributed by atoms with van der Waals surface area (Å²) in [5.41, 5.74) is 5.90. The fraction of sp³-hybridized carbons (Fsp3) is 0.250. The Balaban J connectivity index is 1.61. The number of rotatable bonds is 6. The third-order valence-corrected chi connectivity index (χ3v) is 6.51. The summed E-state index contributed by atoms with van der Waals surface area (Å²) in [6, 6.07) is 23.0. The average Bonchev–Trinajstić information content (AvgIpc) is 3.11. The number of amides is 2. The van der Waals surface area contributed by atoms with Gasteiger partial charge in [0.15, 0.2) is 5.11 Å². The normalized spacial score (nSPS) is 15.5. The molecule has 3 aromatic rings. The topological polar surface area (TPSA) is 52.7 Å². The van der Waals surface area contributed by atoms with Crippen molar-refractivity contribution in [2.45, 2.75) is 39.7 Å². The third-order valence-electron chi connectivity index (χ3n) is 6.17. The van der Waals surface area contributed by atoms with Gasteiger partial charge in [0.25, 0.3) is 5.91 Å². The van der Waals surface area contributed by atoms with Crippen molar-refractivity contribution < 1.29 is 9.59 Å². The molecule has 1 heterocycles. The fourth-order valence-corrected chi connectivity index (χ4v) is 4.50. The van der Waals surface area contributed by atoms with Crippen LogP contribution in [0.15, 0.2) is 72.8 Å². The van der Waals surface area contributed by atoms with Gasteiger partial charge in [-0.1, -0.05) is 60.2 Å². The molecule has 0 spiro atoms. The second kappa shape index (κ2) is 10.2. The Morgan fingerprint density at radius 3 is 2.35 bits per heavy atom. The summed E-state index contributed by atoms with van der Waals surface area (Å²) in [5, 5.41) is 3.78. The molecule has 1 aliphatic rings. The van der Waals surface area contributed by atoms with E-state index in [1.807, 2.05) is 80.3 Å². The maximum absolute atomic E-state index is 13.5. The van der Waals surface area contributed by atoms with Crippen LogP contribution in [0.4, 0.5) is 11.4 Å². The quantitative estimate of drug-likeness (QED) is 0.396. The lowest BCUT2D eigenvalue weighted by Crippen LogP contribution is -2.48. The molecule has 4 rings (SSSR count). The molecule has 0 bridgehead atoms. The summed E-state index contributed by atoms with van der Waals surface area (Å²) in [4.78, 5) is 29.6. The third kappa shape index (κ3) is 5.18. The zero-order chi connectivity index (χ0) is 24.2. The molecule has 5 nitrogen and oxygen atoms in total. The van der Waals surface area contributed by atoms with Gasteiger partial charge in [0, 0.05) is 12.2 Å². The van der Waals surface area contributed by atoms with Crippen LogP contribution in [0.25, 0.3) is 0 Å². The predicted molar refractivity (Wildman–Crippen MR) is 141 cm³/mol. The molecule has 0 aromatic heterocycles. The van der Waals surface area contributed by atoms with Gasteiger partial charge in [-0.3, -0.25) is 9.59 Å². The first kappa shape index (κ1) is 23.6. The van der Waals surface area contributed by atoms with E-state index in [1.165, 1.54) is 4.90 Å². The van der Waals surface area contributed by atoms with E-state index in [9.17, 15) is 9.59 Å². The monoisotopic (exact) mass is 471 g/mol. The number of anilines is 2. The average molecular weight is 472 g/mol. The SMILES string of the molecule is Cc1ccc(N2C(=O)C[C@H](N(CCc3ccccc3)C(=S)Nc3cc(C)ccc3C)C2=O)cc1. The van der Waals surface area contributed by atoms with Crippen molar-refractivity contribution in [2.24, 2.45) is 0 Å². The Morgan fingerprint density at radius 2 is 1.65 bits per heavy atom. The number of hydrogen-bond acceptors (Lipinski definition) is 3. The van der Waals surface area contributed by atoms with Crippen LogP contribution >= 0.6 is 12.2 Å². The van der Waals surface area contributed by atoms with Gasteiger partial charge >= 0.3 is 0 Å². The van der Waals surface area contributed by atoms with Gasteiger partial charge in [0.1, 0.15) is 6.04 Å². The number of carbonyl (C=O) groups excluding carboxylic acids is 2. The molecule has 3 aromatic carbocycles. The molecule has 1 saturated heterocycles. The molecule has 1 aliphatic heterocycles. The summed E-state index contributed by atoms with van der Waals surface area (Å²) in [6.45, 7) is 6.54. The van der Waals surface area contributed by atoms with Crippen LogP contribution in [0, 0.1) is 20.8 Å². The van der Waals surface area contributed by atoms with E-state index in [-0.39, 0.29) is 18.2 Å². The van der Waals surface area contributed by atoms with E-state index in [1.54, 1.807) is 0 Å². The number of thiocarbonyl (C=S) groups is 1. The minimum absolute atomic E-state index is 0.0934. The van der Waals surface area contributed by atoms with Crippen LogP contribution in [0.2, 0.25) is 0 Å². The lowest BCUT2D eigenvalue weighted by Gasteiger charge is -2.31. The van der Waals surface area contributed by atoms with Crippen molar-refractivity contribution in [2.75, 3.05) is 16.8 Å². The number of nitrogens with zero attached hydrogens (tertiary/aromatic N) is 2. The zero-order valence-corrected chi connectivity index (χ0v) is 20.6. The molecule has 0 aliphatic carbocycles.